The van der Waals surface area contributed by atoms with Crippen LogP contribution in [0.2, 0.25) is 0 Å². The number of benzene rings is 2. The zero-order valence-electron chi connectivity index (χ0n) is 17.4. The Morgan fingerprint density at radius 1 is 1.17 bits per heavy atom. The molecule has 0 aliphatic carbocycles. The van der Waals surface area contributed by atoms with Crippen molar-refractivity contribution in [3.05, 3.63) is 81.7 Å². The van der Waals surface area contributed by atoms with Crippen LogP contribution in [0.25, 0.3) is 11.0 Å². The number of piperidine rings is 1. The summed E-state index contributed by atoms with van der Waals surface area (Å²) in [6.07, 6.45) is 2.58. The second-order valence-corrected chi connectivity index (χ2v) is 8.17. The van der Waals surface area contributed by atoms with E-state index in [-0.39, 0.29) is 12.3 Å². The summed E-state index contributed by atoms with van der Waals surface area (Å²) in [6.45, 7) is 5.50. The van der Waals surface area contributed by atoms with Gasteiger partial charge in [-0.15, -0.1) is 0 Å². The number of carbonyl (C=O) groups is 1. The molecule has 3 aromatic rings. The van der Waals surface area contributed by atoms with Crippen molar-refractivity contribution in [1.29, 1.82) is 0 Å². The summed E-state index contributed by atoms with van der Waals surface area (Å²) in [7, 11) is 0. The molecule has 1 amide bonds. The molecule has 1 aliphatic heterocycles. The number of nitrogens with zero attached hydrogens (tertiary/aromatic N) is 1. The lowest BCUT2D eigenvalue weighted by Gasteiger charge is -2.33. The monoisotopic (exact) mass is 404 g/mol. The number of hydrogen-bond acceptors (Lipinski definition) is 4. The van der Waals surface area contributed by atoms with E-state index in [9.17, 15) is 9.59 Å². The van der Waals surface area contributed by atoms with Gasteiger partial charge in [0.1, 0.15) is 5.58 Å². The first-order valence-corrected chi connectivity index (χ1v) is 10.7. The Morgan fingerprint density at radius 2 is 2.00 bits per heavy atom. The van der Waals surface area contributed by atoms with Gasteiger partial charge in [0, 0.05) is 31.1 Å². The molecule has 2 heterocycles. The predicted molar refractivity (Wildman–Crippen MR) is 119 cm³/mol. The maximum atomic E-state index is 12.5. The lowest BCUT2D eigenvalue weighted by atomic mass is 9.91. The van der Waals surface area contributed by atoms with Gasteiger partial charge < -0.3 is 14.6 Å². The highest BCUT2D eigenvalue weighted by Gasteiger charge is 2.21. The van der Waals surface area contributed by atoms with E-state index in [1.165, 1.54) is 24.5 Å². The molecule has 1 aromatic heterocycles. The Kier molecular flexibility index (Phi) is 6.29. The largest absolute Gasteiger partial charge is 0.423 e. The van der Waals surface area contributed by atoms with Crippen molar-refractivity contribution in [3.8, 4) is 0 Å². The Hall–Kier alpha value is -2.92. The van der Waals surface area contributed by atoms with Gasteiger partial charge in [-0.2, -0.15) is 0 Å². The fourth-order valence-corrected chi connectivity index (χ4v) is 4.33. The second-order valence-electron chi connectivity index (χ2n) is 8.17. The molecule has 30 heavy (non-hydrogen) atoms. The van der Waals surface area contributed by atoms with Gasteiger partial charge in [0.2, 0.25) is 5.91 Å². The van der Waals surface area contributed by atoms with Crippen molar-refractivity contribution < 1.29 is 9.21 Å². The number of rotatable bonds is 6. The van der Waals surface area contributed by atoms with E-state index in [1.807, 2.05) is 25.1 Å². The minimum absolute atomic E-state index is 0.0703. The minimum Gasteiger partial charge on any atom is -0.423 e. The topological polar surface area (TPSA) is 62.6 Å². The zero-order chi connectivity index (χ0) is 20.9. The summed E-state index contributed by atoms with van der Waals surface area (Å²) in [5.74, 6) is 0.494. The van der Waals surface area contributed by atoms with Gasteiger partial charge in [0.25, 0.3) is 0 Å². The number of amides is 1. The predicted octanol–water partition coefficient (Wildman–Crippen LogP) is 3.64. The SMILES string of the molecule is Cc1ccc2c(CC(=O)NCCN3CCCC(c4ccccc4)C3)cc(=O)oc2c1. The first-order chi connectivity index (χ1) is 14.6. The Balaban J connectivity index is 1.31. The van der Waals surface area contributed by atoms with Gasteiger partial charge in [0.15, 0.2) is 0 Å². The maximum Gasteiger partial charge on any atom is 0.336 e. The highest BCUT2D eigenvalue weighted by molar-refractivity contribution is 5.87. The Labute approximate surface area is 176 Å². The van der Waals surface area contributed by atoms with Crippen LogP contribution in [0.1, 0.15) is 35.4 Å². The smallest absolute Gasteiger partial charge is 0.336 e. The van der Waals surface area contributed by atoms with Crippen molar-refractivity contribution in [2.24, 2.45) is 0 Å². The molecule has 4 rings (SSSR count). The molecule has 0 bridgehead atoms. The van der Waals surface area contributed by atoms with Crippen LogP contribution in [0.4, 0.5) is 0 Å². The van der Waals surface area contributed by atoms with Gasteiger partial charge in [0.05, 0.1) is 6.42 Å². The van der Waals surface area contributed by atoms with Crippen LogP contribution in [-0.2, 0) is 11.2 Å². The normalized spacial score (nSPS) is 17.2. The number of carbonyl (C=O) groups excluding carboxylic acids is 1. The number of likely N-dealkylation sites (tertiary alicyclic amines) is 1. The third-order valence-corrected chi connectivity index (χ3v) is 5.86. The van der Waals surface area contributed by atoms with Gasteiger partial charge >= 0.3 is 5.63 Å². The first-order valence-electron chi connectivity index (χ1n) is 10.7. The average Bonchev–Trinajstić information content (AvgIpc) is 2.74. The lowest BCUT2D eigenvalue weighted by Crippen LogP contribution is -2.40. The van der Waals surface area contributed by atoms with E-state index in [4.69, 9.17) is 4.42 Å². The summed E-state index contributed by atoms with van der Waals surface area (Å²) >= 11 is 0. The van der Waals surface area contributed by atoms with Crippen LogP contribution in [0.15, 0.2) is 63.8 Å². The van der Waals surface area contributed by atoms with Crippen LogP contribution >= 0.6 is 0 Å². The molecule has 1 atom stereocenters. The quantitative estimate of drug-likeness (QED) is 0.637. The highest BCUT2D eigenvalue weighted by atomic mass is 16.4. The zero-order valence-corrected chi connectivity index (χ0v) is 17.4. The molecule has 0 saturated carbocycles. The third-order valence-electron chi connectivity index (χ3n) is 5.86. The van der Waals surface area contributed by atoms with E-state index in [0.29, 0.717) is 23.6 Å². The number of aryl methyl sites for hydroxylation is 1. The third kappa shape index (κ3) is 4.97. The Bertz CT molecular complexity index is 1070. The molecule has 1 saturated heterocycles. The van der Waals surface area contributed by atoms with Gasteiger partial charge in [-0.05, 0) is 55.0 Å². The summed E-state index contributed by atoms with van der Waals surface area (Å²) < 4.78 is 5.28. The molecule has 1 fully saturated rings. The summed E-state index contributed by atoms with van der Waals surface area (Å²) in [5.41, 5.74) is 3.24. The number of nitrogens with one attached hydrogen (secondary N) is 1. The van der Waals surface area contributed by atoms with Crippen LogP contribution < -0.4 is 10.9 Å². The fraction of sp³-hybridized carbons (Fsp3) is 0.360. The molecular weight excluding hydrogens is 376 g/mol. The average molecular weight is 405 g/mol. The summed E-state index contributed by atoms with van der Waals surface area (Å²) in [5, 5.41) is 3.83. The molecule has 1 N–H and O–H groups in total. The molecule has 156 valence electrons. The second kappa shape index (κ2) is 9.26. The number of fused-ring (bicyclic) bond motifs is 1. The molecule has 5 nitrogen and oxygen atoms in total. The summed E-state index contributed by atoms with van der Waals surface area (Å²) in [6, 6.07) is 17.8. The molecule has 1 aliphatic rings. The van der Waals surface area contributed by atoms with Crippen molar-refractivity contribution in [1.82, 2.24) is 10.2 Å². The van der Waals surface area contributed by atoms with Crippen LogP contribution in [0.3, 0.4) is 0 Å². The molecular formula is C25H28N2O3. The van der Waals surface area contributed by atoms with Crippen LogP contribution in [0.5, 0.6) is 0 Å². The molecule has 2 aromatic carbocycles. The summed E-state index contributed by atoms with van der Waals surface area (Å²) in [4.78, 5) is 26.8. The van der Waals surface area contributed by atoms with Gasteiger partial charge in [-0.3, -0.25) is 4.79 Å². The fourth-order valence-electron chi connectivity index (χ4n) is 4.33. The van der Waals surface area contributed by atoms with Gasteiger partial charge in [-0.1, -0.05) is 42.5 Å². The van der Waals surface area contributed by atoms with E-state index in [1.54, 1.807) is 0 Å². The molecule has 5 heteroatoms. The molecule has 1 unspecified atom stereocenters. The lowest BCUT2D eigenvalue weighted by molar-refractivity contribution is -0.120. The Morgan fingerprint density at radius 3 is 2.83 bits per heavy atom. The van der Waals surface area contributed by atoms with E-state index >= 15 is 0 Å². The van der Waals surface area contributed by atoms with Crippen molar-refractivity contribution in [2.75, 3.05) is 26.2 Å². The maximum absolute atomic E-state index is 12.5. The van der Waals surface area contributed by atoms with Crippen LogP contribution in [0, 0.1) is 6.92 Å². The van der Waals surface area contributed by atoms with Gasteiger partial charge in [-0.25, -0.2) is 4.79 Å². The molecule has 0 radical (unpaired) electrons. The first kappa shape index (κ1) is 20.4. The van der Waals surface area contributed by atoms with Crippen molar-refractivity contribution in [2.45, 2.75) is 32.1 Å². The van der Waals surface area contributed by atoms with Crippen molar-refractivity contribution >= 4 is 16.9 Å². The van der Waals surface area contributed by atoms with Crippen molar-refractivity contribution in [3.63, 3.8) is 0 Å². The van der Waals surface area contributed by atoms with E-state index in [2.05, 4.69) is 40.5 Å². The van der Waals surface area contributed by atoms with Crippen LogP contribution in [-0.4, -0.2) is 37.0 Å². The minimum atomic E-state index is -0.420. The van der Waals surface area contributed by atoms with E-state index < -0.39 is 5.63 Å². The molecule has 0 spiro atoms. The number of hydrogen-bond donors (Lipinski definition) is 1. The standard InChI is InChI=1S/C25H28N2O3/c1-18-9-10-22-21(16-25(29)30-23(22)14-18)15-24(28)26-11-13-27-12-5-8-20(17-27)19-6-3-2-4-7-19/h2-4,6-7,9-10,14,16,20H,5,8,11-13,15,17H2,1H3,(H,26,28). The highest BCUT2D eigenvalue weighted by Crippen LogP contribution is 2.26. The van der Waals surface area contributed by atoms with E-state index in [0.717, 1.165) is 30.6 Å².